The fraction of sp³-hybridized carbons (Fsp3) is 0.429. The van der Waals surface area contributed by atoms with Crippen LogP contribution in [-0.2, 0) is 29.1 Å². The van der Waals surface area contributed by atoms with Crippen LogP contribution in [0.1, 0.15) is 38.8 Å². The lowest BCUT2D eigenvalue weighted by atomic mass is 9.75. The number of nitrogens with zero attached hydrogens (tertiary/aromatic N) is 3. The van der Waals surface area contributed by atoms with Crippen molar-refractivity contribution in [2.24, 2.45) is 11.1 Å². The Morgan fingerprint density at radius 3 is 2.60 bits per heavy atom. The fourth-order valence-electron chi connectivity index (χ4n) is 3.55. The number of benzene rings is 1. The Kier molecular flexibility index (Phi) is 8.43. The van der Waals surface area contributed by atoms with E-state index >= 15 is 0 Å². The number of carbonyl (C=O) groups excluding carboxylic acids is 2. The van der Waals surface area contributed by atoms with Gasteiger partial charge in [0.15, 0.2) is 23.2 Å². The molecule has 0 radical (unpaired) electrons. The highest BCUT2D eigenvalue weighted by Crippen LogP contribution is 2.41. The van der Waals surface area contributed by atoms with E-state index in [0.717, 1.165) is 11.3 Å². The number of thiazole rings is 1. The number of amides is 1. The predicted octanol–water partition coefficient (Wildman–Crippen LogP) is 2.24. The molecule has 1 aromatic heterocycles. The predicted molar refractivity (Wildman–Crippen MR) is 127 cm³/mol. The number of nitrogens with two attached hydrogens (primary N) is 1. The molecule has 3 N–H and O–H groups in total. The van der Waals surface area contributed by atoms with Gasteiger partial charge in [0, 0.05) is 11.8 Å². The van der Waals surface area contributed by atoms with Gasteiger partial charge in [0.25, 0.3) is 5.91 Å². The molecular formula is C21H26N4O8S2. The van der Waals surface area contributed by atoms with E-state index in [0.29, 0.717) is 23.7 Å². The molecule has 1 unspecified atom stereocenters. The van der Waals surface area contributed by atoms with Crippen LogP contribution >= 0.6 is 11.3 Å². The number of aromatic nitrogens is 1. The van der Waals surface area contributed by atoms with Crippen molar-refractivity contribution >= 4 is 44.3 Å². The third-order valence-electron chi connectivity index (χ3n) is 5.31. The van der Waals surface area contributed by atoms with E-state index in [1.807, 2.05) is 18.2 Å². The van der Waals surface area contributed by atoms with Gasteiger partial charge < -0.3 is 15.3 Å². The summed E-state index contributed by atoms with van der Waals surface area (Å²) < 4.78 is 40.6. The number of Topliss-reactive ketones (excluding diaryl/α,β-unsaturated/α-hetero) is 1. The number of β-lactam (4-membered cyclic amide) rings is 1. The lowest BCUT2D eigenvalue weighted by Gasteiger charge is -2.51. The zero-order valence-corrected chi connectivity index (χ0v) is 20.8. The third-order valence-corrected chi connectivity index (χ3v) is 6.32. The molecule has 1 saturated heterocycles. The fourth-order valence-corrected chi connectivity index (χ4v) is 4.55. The van der Waals surface area contributed by atoms with Crippen LogP contribution in [-0.4, -0.2) is 59.2 Å². The zero-order chi connectivity index (χ0) is 25.6. The molecule has 190 valence electrons. The van der Waals surface area contributed by atoms with Gasteiger partial charge in [-0.3, -0.25) is 14.1 Å². The molecule has 0 bridgehead atoms. The van der Waals surface area contributed by atoms with Gasteiger partial charge in [0.05, 0.1) is 11.5 Å². The molecule has 2 aromatic rings. The van der Waals surface area contributed by atoms with E-state index in [9.17, 15) is 18.0 Å². The van der Waals surface area contributed by atoms with Gasteiger partial charge in [-0.05, 0) is 38.8 Å². The first-order valence-corrected chi connectivity index (χ1v) is 12.9. The second-order valence-electron chi connectivity index (χ2n) is 8.16. The lowest BCUT2D eigenvalue weighted by Crippen LogP contribution is -2.67. The van der Waals surface area contributed by atoms with Crippen LogP contribution in [0.4, 0.5) is 5.13 Å². The van der Waals surface area contributed by atoms with Crippen LogP contribution in [0, 0.1) is 5.92 Å². The number of nitrogen functional groups attached to an aromatic ring is 1. The number of anilines is 1. The molecule has 0 spiro atoms. The molecule has 3 rings (SSSR count). The number of ketones is 1. The molecule has 1 aromatic carbocycles. The van der Waals surface area contributed by atoms with Crippen molar-refractivity contribution in [2.75, 3.05) is 18.9 Å². The van der Waals surface area contributed by atoms with Crippen molar-refractivity contribution < 1.29 is 36.4 Å². The molecule has 0 saturated carbocycles. The molecule has 1 atom stereocenters. The molecule has 35 heavy (non-hydrogen) atoms. The summed E-state index contributed by atoms with van der Waals surface area (Å²) >= 11 is 1.16. The highest BCUT2D eigenvalue weighted by molar-refractivity contribution is 7.80. The lowest BCUT2D eigenvalue weighted by molar-refractivity contribution is -0.229. The number of hydrogen-bond donors (Lipinski definition) is 2. The van der Waals surface area contributed by atoms with Gasteiger partial charge in [-0.25, -0.2) is 4.98 Å². The Bertz CT molecular complexity index is 1180. The van der Waals surface area contributed by atoms with Gasteiger partial charge in [-0.1, -0.05) is 23.4 Å². The van der Waals surface area contributed by atoms with Crippen molar-refractivity contribution in [3.8, 4) is 5.75 Å². The molecule has 1 amide bonds. The Hall–Kier alpha value is -3.07. The largest absolute Gasteiger partial charge is 0.490 e. The Labute approximate surface area is 206 Å². The zero-order valence-electron chi connectivity index (χ0n) is 19.1. The number of hydrogen-bond acceptors (Lipinski definition) is 11. The summed E-state index contributed by atoms with van der Waals surface area (Å²) in [7, 11) is -4.82. The van der Waals surface area contributed by atoms with E-state index in [1.165, 1.54) is 0 Å². The molecule has 12 nitrogen and oxygen atoms in total. The van der Waals surface area contributed by atoms with Crippen molar-refractivity contribution in [1.29, 1.82) is 0 Å². The molecule has 14 heteroatoms. The summed E-state index contributed by atoms with van der Waals surface area (Å²) in [5.74, 6) is -0.852. The first-order chi connectivity index (χ1) is 16.5. The number of oxime groups is 1. The van der Waals surface area contributed by atoms with Crippen molar-refractivity contribution in [3.63, 3.8) is 0 Å². The first-order valence-electron chi connectivity index (χ1n) is 10.6. The smallest absolute Gasteiger partial charge is 0.418 e. The summed E-state index contributed by atoms with van der Waals surface area (Å²) in [6.07, 6.45) is 0.647. The minimum Gasteiger partial charge on any atom is -0.490 e. The average Bonchev–Trinajstić information content (AvgIpc) is 3.23. The van der Waals surface area contributed by atoms with Crippen molar-refractivity contribution in [1.82, 2.24) is 10.0 Å². The number of rotatable bonds is 13. The summed E-state index contributed by atoms with van der Waals surface area (Å²) in [4.78, 5) is 34.5. The first kappa shape index (κ1) is 26.5. The van der Waals surface area contributed by atoms with E-state index in [4.69, 9.17) is 19.9 Å². The highest BCUT2D eigenvalue weighted by Gasteiger charge is 2.56. The molecule has 0 aliphatic carbocycles. The minimum absolute atomic E-state index is 0.00758. The van der Waals surface area contributed by atoms with Gasteiger partial charge in [0.2, 0.25) is 0 Å². The molecule has 1 fully saturated rings. The van der Waals surface area contributed by atoms with E-state index in [1.54, 1.807) is 31.4 Å². The maximum absolute atomic E-state index is 12.9. The van der Waals surface area contributed by atoms with Gasteiger partial charge >= 0.3 is 10.4 Å². The highest BCUT2D eigenvalue weighted by atomic mass is 32.3. The summed E-state index contributed by atoms with van der Waals surface area (Å²) in [6, 6.07) is 9.16. The maximum Gasteiger partial charge on any atom is 0.418 e. The summed E-state index contributed by atoms with van der Waals surface area (Å²) in [5.41, 5.74) is 5.01. The van der Waals surface area contributed by atoms with Crippen LogP contribution in [0.2, 0.25) is 0 Å². The minimum atomic E-state index is -4.82. The van der Waals surface area contributed by atoms with Gasteiger partial charge in [-0.15, -0.1) is 15.6 Å². The Morgan fingerprint density at radius 1 is 1.29 bits per heavy atom. The summed E-state index contributed by atoms with van der Waals surface area (Å²) in [6.45, 7) is 3.51. The number of hydroxylamine groups is 2. The Morgan fingerprint density at radius 2 is 2.00 bits per heavy atom. The molecule has 1 aliphatic rings. The van der Waals surface area contributed by atoms with E-state index in [2.05, 4.69) is 14.4 Å². The third kappa shape index (κ3) is 6.97. The molecule has 1 aliphatic heterocycles. The van der Waals surface area contributed by atoms with Gasteiger partial charge in [-0.2, -0.15) is 13.5 Å². The molecular weight excluding hydrogens is 500 g/mol. The van der Waals surface area contributed by atoms with Crippen LogP contribution in [0.15, 0.2) is 40.9 Å². The maximum atomic E-state index is 12.9. The second kappa shape index (κ2) is 11.1. The van der Waals surface area contributed by atoms with Crippen LogP contribution < -0.4 is 10.5 Å². The summed E-state index contributed by atoms with van der Waals surface area (Å²) in [5, 5.41) is 6.44. The van der Waals surface area contributed by atoms with Crippen LogP contribution in [0.3, 0.4) is 0 Å². The topological polar surface area (TPSA) is 171 Å². The van der Waals surface area contributed by atoms with Crippen LogP contribution in [0.25, 0.3) is 0 Å². The normalized spacial score (nSPS) is 17.7. The van der Waals surface area contributed by atoms with Gasteiger partial charge in [0.1, 0.15) is 18.1 Å². The van der Waals surface area contributed by atoms with Crippen molar-refractivity contribution in [2.45, 2.75) is 38.6 Å². The van der Waals surface area contributed by atoms with E-state index < -0.39 is 27.8 Å². The quantitative estimate of drug-likeness (QED) is 0.130. The van der Waals surface area contributed by atoms with Crippen LogP contribution in [0.5, 0.6) is 5.75 Å². The number of carbonyl (C=O) groups is 2. The Balaban J connectivity index is 1.54. The monoisotopic (exact) mass is 526 g/mol. The van der Waals surface area contributed by atoms with Crippen molar-refractivity contribution in [3.05, 3.63) is 41.4 Å². The van der Waals surface area contributed by atoms with E-state index in [-0.39, 0.29) is 42.0 Å². The average molecular weight is 527 g/mol. The standard InChI is InChI=1S/C21H26N4O8S2/c1-21(2)15(19(27)25(21)33-35(28,29)30)9-6-10-17(26)18(16-13-34-20(22)23-16)24-32-12-11-31-14-7-4-3-5-8-14/h3-5,7-8,13,15H,6,9-12H2,1-2H3,(H2,22,23)(H,28,29,30). The number of para-hydroxylation sites is 1. The second-order valence-corrected chi connectivity index (χ2v) is 10.1. The molecule has 2 heterocycles. The SMILES string of the molecule is CC1(C)C(CCCC(=O)C(=NOCCOc2ccccc2)c2csc(N)n2)C(=O)N1OS(=O)(=O)O. The number of ether oxygens (including phenoxy) is 1.